The van der Waals surface area contributed by atoms with Crippen LogP contribution >= 0.6 is 11.3 Å². The maximum absolute atomic E-state index is 14.1. The summed E-state index contributed by atoms with van der Waals surface area (Å²) >= 11 is 1.16. The number of carboxylic acid groups (broad SMARTS) is 1. The second kappa shape index (κ2) is 12.8. The van der Waals surface area contributed by atoms with Gasteiger partial charge in [-0.1, -0.05) is 23.9 Å². The van der Waals surface area contributed by atoms with Gasteiger partial charge in [0, 0.05) is 29.8 Å². The Labute approximate surface area is 235 Å². The van der Waals surface area contributed by atoms with Gasteiger partial charge in [0.25, 0.3) is 0 Å². The number of oxime groups is 1. The molecule has 1 N–H and O–H groups in total. The Bertz CT molecular complexity index is 1230. The summed E-state index contributed by atoms with van der Waals surface area (Å²) in [5, 5.41) is 14.5. The number of carbonyl (C=O) groups excluding carboxylic acids is 1. The van der Waals surface area contributed by atoms with Crippen LogP contribution < -0.4 is 4.90 Å². The molecule has 2 heterocycles. The van der Waals surface area contributed by atoms with Crippen LogP contribution in [0.3, 0.4) is 0 Å². The third-order valence-corrected chi connectivity index (χ3v) is 8.43. The van der Waals surface area contributed by atoms with E-state index < -0.39 is 5.97 Å². The highest BCUT2D eigenvalue weighted by atomic mass is 32.1. The number of hydrogen-bond donors (Lipinski definition) is 1. The van der Waals surface area contributed by atoms with Gasteiger partial charge in [-0.3, -0.25) is 9.78 Å². The summed E-state index contributed by atoms with van der Waals surface area (Å²) in [4.78, 5) is 38.7. The van der Waals surface area contributed by atoms with Crippen molar-refractivity contribution in [3.63, 3.8) is 0 Å². The summed E-state index contributed by atoms with van der Waals surface area (Å²) in [6, 6.07) is 5.52. The highest BCUT2D eigenvalue weighted by Crippen LogP contribution is 2.38. The molecule has 0 aliphatic heterocycles. The first kappa shape index (κ1) is 28.8. The molecule has 208 valence electrons. The first-order valence-electron chi connectivity index (χ1n) is 13.9. The van der Waals surface area contributed by atoms with Crippen molar-refractivity contribution >= 4 is 34.6 Å². The van der Waals surface area contributed by atoms with Crippen molar-refractivity contribution < 1.29 is 19.5 Å². The zero-order valence-corrected chi connectivity index (χ0v) is 24.2. The number of thiophene rings is 1. The molecule has 8 heteroatoms. The minimum atomic E-state index is -1.02. The van der Waals surface area contributed by atoms with E-state index >= 15 is 0 Å². The van der Waals surface area contributed by atoms with E-state index in [1.54, 1.807) is 12.4 Å². The predicted molar refractivity (Wildman–Crippen MR) is 155 cm³/mol. The zero-order chi connectivity index (χ0) is 28.0. The third-order valence-electron chi connectivity index (χ3n) is 7.40. The van der Waals surface area contributed by atoms with E-state index in [1.165, 1.54) is 0 Å². The van der Waals surface area contributed by atoms with Crippen LogP contribution in [0.2, 0.25) is 0 Å². The number of aromatic nitrogens is 1. The van der Waals surface area contributed by atoms with Crippen LogP contribution in [0.5, 0.6) is 0 Å². The molecule has 2 saturated carbocycles. The fourth-order valence-electron chi connectivity index (χ4n) is 5.19. The molecule has 0 bridgehead atoms. The van der Waals surface area contributed by atoms with Crippen LogP contribution in [0.1, 0.15) is 99.2 Å². The Morgan fingerprint density at radius 3 is 2.41 bits per heavy atom. The molecule has 7 nitrogen and oxygen atoms in total. The smallest absolute Gasteiger partial charge is 0.348 e. The lowest BCUT2D eigenvalue weighted by atomic mass is 9.81. The second-order valence-electron chi connectivity index (χ2n) is 11.8. The highest BCUT2D eigenvalue weighted by molar-refractivity contribution is 7.15. The molecule has 0 atom stereocenters. The van der Waals surface area contributed by atoms with Crippen LogP contribution in [0.15, 0.2) is 35.7 Å². The molecule has 2 aliphatic rings. The number of amides is 1. The molecule has 2 fully saturated rings. The molecular weight excluding hydrogens is 510 g/mol. The van der Waals surface area contributed by atoms with Crippen molar-refractivity contribution in [2.24, 2.45) is 22.4 Å². The Morgan fingerprint density at radius 2 is 1.79 bits per heavy atom. The van der Waals surface area contributed by atoms with Crippen molar-refractivity contribution in [1.29, 1.82) is 0 Å². The number of carbonyl (C=O) groups is 2. The van der Waals surface area contributed by atoms with Crippen molar-refractivity contribution in [1.82, 2.24) is 4.98 Å². The quantitative estimate of drug-likeness (QED) is 0.299. The van der Waals surface area contributed by atoms with E-state index in [1.807, 2.05) is 43.9 Å². The third kappa shape index (κ3) is 7.92. The summed E-state index contributed by atoms with van der Waals surface area (Å²) in [6.07, 6.45) is 10.0. The van der Waals surface area contributed by atoms with Gasteiger partial charge in [0.2, 0.25) is 5.91 Å². The predicted octanol–water partition coefficient (Wildman–Crippen LogP) is 6.91. The summed E-state index contributed by atoms with van der Waals surface area (Å²) in [5.74, 6) is 5.94. The molecule has 2 aliphatic carbocycles. The molecule has 4 rings (SSSR count). The summed E-state index contributed by atoms with van der Waals surface area (Å²) in [7, 11) is 0. The van der Waals surface area contributed by atoms with Gasteiger partial charge < -0.3 is 14.8 Å². The number of anilines is 1. The number of hydrogen-bond acceptors (Lipinski definition) is 6. The van der Waals surface area contributed by atoms with Gasteiger partial charge in [-0.05, 0) is 102 Å². The van der Waals surface area contributed by atoms with Crippen LogP contribution in [0.25, 0.3) is 0 Å². The Balaban J connectivity index is 1.56. The van der Waals surface area contributed by atoms with Crippen molar-refractivity contribution in [2.75, 3.05) is 4.90 Å². The molecule has 1 amide bonds. The number of rotatable bonds is 7. The maximum atomic E-state index is 14.1. The number of pyridine rings is 1. The van der Waals surface area contributed by atoms with E-state index in [-0.39, 0.29) is 28.2 Å². The minimum Gasteiger partial charge on any atom is -0.477 e. The van der Waals surface area contributed by atoms with Crippen LogP contribution in [-0.4, -0.2) is 33.7 Å². The van der Waals surface area contributed by atoms with E-state index in [0.717, 1.165) is 48.3 Å². The summed E-state index contributed by atoms with van der Waals surface area (Å²) in [6.45, 7) is 8.69. The van der Waals surface area contributed by atoms with Gasteiger partial charge in [-0.15, -0.1) is 11.3 Å². The lowest BCUT2D eigenvalue weighted by molar-refractivity contribution is -0.124. The monoisotopic (exact) mass is 549 g/mol. The normalized spacial score (nSPS) is 21.4. The van der Waals surface area contributed by atoms with Crippen molar-refractivity contribution in [2.45, 2.75) is 91.7 Å². The SMILES string of the molecule is CC(C)(C)C#Cc1cc(N(C(=O)[C@H]2CC[C@H](C)CC2)C2CCC(=NOCc3ccncc3)CC2)c(C(=O)O)s1. The molecule has 0 radical (unpaired) electrons. The maximum Gasteiger partial charge on any atom is 0.348 e. The Hall–Kier alpha value is -3.18. The lowest BCUT2D eigenvalue weighted by Crippen LogP contribution is -2.46. The minimum absolute atomic E-state index is 0.0526. The Kier molecular flexibility index (Phi) is 9.45. The van der Waals surface area contributed by atoms with Gasteiger partial charge >= 0.3 is 5.97 Å². The first-order valence-corrected chi connectivity index (χ1v) is 14.7. The largest absolute Gasteiger partial charge is 0.477 e. The summed E-state index contributed by atoms with van der Waals surface area (Å²) in [5.41, 5.74) is 2.26. The summed E-state index contributed by atoms with van der Waals surface area (Å²) < 4.78 is 0. The van der Waals surface area contributed by atoms with Gasteiger partial charge in [0.15, 0.2) is 0 Å². The Morgan fingerprint density at radius 1 is 1.13 bits per heavy atom. The molecule has 2 aromatic heterocycles. The van der Waals surface area contributed by atoms with Gasteiger partial charge in [0.1, 0.15) is 11.5 Å². The van der Waals surface area contributed by atoms with E-state index in [2.05, 4.69) is 28.9 Å². The molecule has 0 aromatic carbocycles. The van der Waals surface area contributed by atoms with E-state index in [0.29, 0.717) is 48.8 Å². The molecule has 39 heavy (non-hydrogen) atoms. The van der Waals surface area contributed by atoms with Gasteiger partial charge in [-0.25, -0.2) is 4.79 Å². The fraction of sp³-hybridized carbons (Fsp3) is 0.548. The topological polar surface area (TPSA) is 92.1 Å². The van der Waals surface area contributed by atoms with E-state index in [4.69, 9.17) is 4.84 Å². The van der Waals surface area contributed by atoms with Gasteiger partial charge in [0.05, 0.1) is 16.3 Å². The fourth-order valence-corrected chi connectivity index (χ4v) is 6.03. The van der Waals surface area contributed by atoms with Crippen LogP contribution in [0.4, 0.5) is 5.69 Å². The zero-order valence-electron chi connectivity index (χ0n) is 23.4. The number of aromatic carboxylic acids is 1. The molecule has 0 saturated heterocycles. The lowest BCUT2D eigenvalue weighted by Gasteiger charge is -2.38. The number of carboxylic acids is 1. The standard InChI is InChI=1S/C31H39N3O4S/c1-21-5-7-23(8-6-21)29(35)34(27-19-26(13-16-31(2,3)4)39-28(27)30(36)37)25-11-9-24(10-12-25)33-38-20-22-14-17-32-18-15-22/h14-15,17-19,21,23,25H,5-12,20H2,1-4H3,(H,36,37)/t21-,23-,25?. The van der Waals surface area contributed by atoms with Gasteiger partial charge in [-0.2, -0.15) is 0 Å². The van der Waals surface area contributed by atoms with Crippen molar-refractivity contribution in [3.8, 4) is 11.8 Å². The molecule has 0 spiro atoms. The highest BCUT2D eigenvalue weighted by Gasteiger charge is 2.37. The average Bonchev–Trinajstić information content (AvgIpc) is 3.33. The van der Waals surface area contributed by atoms with Crippen LogP contribution in [-0.2, 0) is 16.2 Å². The molecule has 0 unspecified atom stereocenters. The second-order valence-corrected chi connectivity index (χ2v) is 12.9. The first-order chi connectivity index (χ1) is 18.6. The average molecular weight is 550 g/mol. The van der Waals surface area contributed by atoms with E-state index in [9.17, 15) is 14.7 Å². The molecular formula is C31H39N3O4S. The van der Waals surface area contributed by atoms with Crippen molar-refractivity contribution in [3.05, 3.63) is 45.9 Å². The molecule has 2 aromatic rings. The van der Waals surface area contributed by atoms with Crippen LogP contribution in [0, 0.1) is 29.1 Å². The number of nitrogens with zero attached hydrogens (tertiary/aromatic N) is 3.